The van der Waals surface area contributed by atoms with E-state index in [1.807, 2.05) is 47.5 Å². The molecule has 0 aliphatic carbocycles. The number of carbonyl (C=O) groups is 1. The maximum Gasteiger partial charge on any atom is 0.227 e. The van der Waals surface area contributed by atoms with E-state index < -0.39 is 0 Å². The molecule has 1 aromatic carbocycles. The number of benzene rings is 1. The Morgan fingerprint density at radius 3 is 2.56 bits per heavy atom. The molecule has 2 saturated heterocycles. The zero-order valence-corrected chi connectivity index (χ0v) is 18.6. The van der Waals surface area contributed by atoms with Crippen LogP contribution in [0, 0.1) is 5.92 Å². The molecule has 32 heavy (non-hydrogen) atoms. The quantitative estimate of drug-likeness (QED) is 0.607. The number of halogens is 1. The van der Waals surface area contributed by atoms with Gasteiger partial charge in [-0.3, -0.25) is 4.79 Å². The molecule has 2 aromatic heterocycles. The Morgan fingerprint density at radius 2 is 1.78 bits per heavy atom. The summed E-state index contributed by atoms with van der Waals surface area (Å²) in [6.07, 6.45) is 7.03. The Morgan fingerprint density at radius 1 is 0.969 bits per heavy atom. The van der Waals surface area contributed by atoms with Gasteiger partial charge >= 0.3 is 0 Å². The molecule has 8 nitrogen and oxygen atoms in total. The van der Waals surface area contributed by atoms with E-state index in [0.29, 0.717) is 6.54 Å². The third kappa shape index (κ3) is 4.27. The lowest BCUT2D eigenvalue weighted by Gasteiger charge is -2.40. The molecule has 3 aromatic rings. The summed E-state index contributed by atoms with van der Waals surface area (Å²) >= 11 is 6.35. The van der Waals surface area contributed by atoms with Gasteiger partial charge in [0.1, 0.15) is 12.1 Å². The van der Waals surface area contributed by atoms with Gasteiger partial charge in [-0.15, -0.1) is 0 Å². The van der Waals surface area contributed by atoms with Crippen molar-refractivity contribution in [1.82, 2.24) is 24.6 Å². The molecular formula is C23H26ClN7O. The maximum atomic E-state index is 13.3. The summed E-state index contributed by atoms with van der Waals surface area (Å²) < 4.78 is 1.72. The van der Waals surface area contributed by atoms with E-state index in [1.165, 1.54) is 0 Å². The first-order valence-electron chi connectivity index (χ1n) is 11.0. The lowest BCUT2D eigenvalue weighted by molar-refractivity contribution is -0.136. The van der Waals surface area contributed by atoms with E-state index in [-0.39, 0.29) is 11.8 Å². The monoisotopic (exact) mass is 451 g/mol. The first kappa shape index (κ1) is 20.8. The molecule has 0 spiro atoms. The van der Waals surface area contributed by atoms with E-state index in [2.05, 4.69) is 24.9 Å². The highest BCUT2D eigenvalue weighted by molar-refractivity contribution is 6.33. The summed E-state index contributed by atoms with van der Waals surface area (Å²) in [5.41, 5.74) is 1.04. The van der Waals surface area contributed by atoms with Gasteiger partial charge in [-0.1, -0.05) is 23.7 Å². The Labute approximate surface area is 192 Å². The molecule has 0 N–H and O–H groups in total. The van der Waals surface area contributed by atoms with Crippen molar-refractivity contribution in [2.24, 2.45) is 5.92 Å². The van der Waals surface area contributed by atoms with E-state index in [9.17, 15) is 4.79 Å². The van der Waals surface area contributed by atoms with E-state index in [4.69, 9.17) is 11.6 Å². The van der Waals surface area contributed by atoms with E-state index in [0.717, 1.165) is 67.9 Å². The van der Waals surface area contributed by atoms with Crippen LogP contribution in [0.1, 0.15) is 12.8 Å². The van der Waals surface area contributed by atoms with Gasteiger partial charge < -0.3 is 14.7 Å². The molecule has 1 atom stereocenters. The van der Waals surface area contributed by atoms with E-state index >= 15 is 0 Å². The predicted molar refractivity (Wildman–Crippen MR) is 124 cm³/mol. The second kappa shape index (κ2) is 9.16. The number of hydrogen-bond donors (Lipinski definition) is 0. The van der Waals surface area contributed by atoms with Crippen molar-refractivity contribution in [2.75, 3.05) is 49.1 Å². The smallest absolute Gasteiger partial charge is 0.227 e. The molecular weight excluding hydrogens is 426 g/mol. The molecule has 9 heteroatoms. The summed E-state index contributed by atoms with van der Waals surface area (Å²) in [6.45, 7) is 4.60. The van der Waals surface area contributed by atoms with Crippen LogP contribution in [0.2, 0.25) is 5.02 Å². The van der Waals surface area contributed by atoms with Crippen molar-refractivity contribution in [1.29, 1.82) is 0 Å². The van der Waals surface area contributed by atoms with Gasteiger partial charge in [0.2, 0.25) is 5.91 Å². The van der Waals surface area contributed by atoms with Gasteiger partial charge in [0.05, 0.1) is 16.6 Å². The Kier molecular flexibility index (Phi) is 5.94. The Hall–Kier alpha value is -3.13. The third-order valence-corrected chi connectivity index (χ3v) is 6.58. The predicted octanol–water partition coefficient (Wildman–Crippen LogP) is 2.88. The van der Waals surface area contributed by atoms with Crippen molar-refractivity contribution in [3.05, 3.63) is 60.1 Å². The normalized spacial score (nSPS) is 19.3. The minimum atomic E-state index is -0.0151. The lowest BCUT2D eigenvalue weighted by Crippen LogP contribution is -2.52. The van der Waals surface area contributed by atoms with Crippen LogP contribution >= 0.6 is 11.6 Å². The number of aromatic nitrogens is 4. The molecule has 1 amide bonds. The van der Waals surface area contributed by atoms with Crippen LogP contribution in [0.3, 0.4) is 0 Å². The molecule has 1 unspecified atom stereocenters. The van der Waals surface area contributed by atoms with Gasteiger partial charge in [-0.2, -0.15) is 5.10 Å². The SMILES string of the molecule is O=C(C1CCCN(c2cc(-n3cccn3)ncn2)C1)N1CCN(c2ccccc2Cl)CC1. The number of piperazine rings is 1. The van der Waals surface area contributed by atoms with Gasteiger partial charge in [-0.25, -0.2) is 14.6 Å². The largest absolute Gasteiger partial charge is 0.367 e. The Balaban J connectivity index is 1.22. The standard InChI is InChI=1S/C23H26ClN7O/c24-19-6-1-2-7-20(19)28-11-13-29(14-12-28)23(32)18-5-3-9-30(16-18)21-15-22(26-17-25-21)31-10-4-8-27-31/h1-2,4,6-8,10,15,17-18H,3,5,9,11-14,16H2. The number of nitrogens with zero attached hydrogens (tertiary/aromatic N) is 7. The first-order valence-corrected chi connectivity index (χ1v) is 11.4. The summed E-state index contributed by atoms with van der Waals surface area (Å²) in [5.74, 6) is 1.80. The minimum absolute atomic E-state index is 0.0151. The number of carbonyl (C=O) groups excluding carboxylic acids is 1. The molecule has 166 valence electrons. The van der Waals surface area contributed by atoms with Crippen molar-refractivity contribution >= 4 is 29.0 Å². The average molecular weight is 452 g/mol. The number of amides is 1. The minimum Gasteiger partial charge on any atom is -0.367 e. The second-order valence-electron chi connectivity index (χ2n) is 8.23. The van der Waals surface area contributed by atoms with Crippen molar-refractivity contribution in [3.63, 3.8) is 0 Å². The molecule has 4 heterocycles. The van der Waals surface area contributed by atoms with Crippen LogP contribution in [-0.4, -0.2) is 69.8 Å². The number of piperidine rings is 1. The number of rotatable bonds is 4. The molecule has 5 rings (SSSR count). The van der Waals surface area contributed by atoms with Crippen molar-refractivity contribution < 1.29 is 4.79 Å². The fourth-order valence-corrected chi connectivity index (χ4v) is 4.82. The van der Waals surface area contributed by atoms with E-state index in [1.54, 1.807) is 17.2 Å². The molecule has 0 bridgehead atoms. The Bertz CT molecular complexity index is 1070. The molecule has 0 radical (unpaired) electrons. The zero-order chi connectivity index (χ0) is 21.9. The van der Waals surface area contributed by atoms with Gasteiger partial charge in [0.15, 0.2) is 5.82 Å². The average Bonchev–Trinajstić information content (AvgIpc) is 3.40. The van der Waals surface area contributed by atoms with Crippen LogP contribution in [-0.2, 0) is 4.79 Å². The highest BCUT2D eigenvalue weighted by Gasteiger charge is 2.32. The van der Waals surface area contributed by atoms with Gasteiger partial charge in [0, 0.05) is 57.7 Å². The van der Waals surface area contributed by atoms with Gasteiger partial charge in [-0.05, 0) is 31.0 Å². The highest BCUT2D eigenvalue weighted by atomic mass is 35.5. The van der Waals surface area contributed by atoms with Crippen molar-refractivity contribution in [3.8, 4) is 5.82 Å². The summed E-state index contributed by atoms with van der Waals surface area (Å²) in [6, 6.07) is 11.7. The molecule has 2 aliphatic rings. The van der Waals surface area contributed by atoms with Crippen LogP contribution in [0.5, 0.6) is 0 Å². The molecule has 2 aliphatic heterocycles. The number of para-hydroxylation sites is 1. The fourth-order valence-electron chi connectivity index (χ4n) is 4.56. The maximum absolute atomic E-state index is 13.3. The number of hydrogen-bond acceptors (Lipinski definition) is 6. The van der Waals surface area contributed by atoms with Crippen LogP contribution in [0.4, 0.5) is 11.5 Å². The summed E-state index contributed by atoms with van der Waals surface area (Å²) in [4.78, 5) is 28.5. The summed E-state index contributed by atoms with van der Waals surface area (Å²) in [7, 11) is 0. The highest BCUT2D eigenvalue weighted by Crippen LogP contribution is 2.28. The second-order valence-corrected chi connectivity index (χ2v) is 8.64. The topological polar surface area (TPSA) is 70.4 Å². The molecule has 0 saturated carbocycles. The van der Waals surface area contributed by atoms with Crippen LogP contribution in [0.15, 0.2) is 55.1 Å². The van der Waals surface area contributed by atoms with Crippen LogP contribution < -0.4 is 9.80 Å². The van der Waals surface area contributed by atoms with Crippen molar-refractivity contribution in [2.45, 2.75) is 12.8 Å². The fraction of sp³-hybridized carbons (Fsp3) is 0.391. The van der Waals surface area contributed by atoms with Crippen LogP contribution in [0.25, 0.3) is 5.82 Å². The zero-order valence-electron chi connectivity index (χ0n) is 17.8. The lowest BCUT2D eigenvalue weighted by atomic mass is 9.96. The first-order chi connectivity index (χ1) is 15.7. The number of anilines is 2. The van der Waals surface area contributed by atoms with Gasteiger partial charge in [0.25, 0.3) is 0 Å². The summed E-state index contributed by atoms with van der Waals surface area (Å²) in [5, 5.41) is 5.00. The third-order valence-electron chi connectivity index (χ3n) is 6.26. The molecule has 2 fully saturated rings.